The summed E-state index contributed by atoms with van der Waals surface area (Å²) in [6, 6.07) is 8.14. The Bertz CT molecular complexity index is 1690. The Morgan fingerprint density at radius 2 is 1.68 bits per heavy atom. The quantitative estimate of drug-likeness (QED) is 0.121. The van der Waals surface area contributed by atoms with Gasteiger partial charge < -0.3 is 14.0 Å². The molecule has 292 valence electrons. The van der Waals surface area contributed by atoms with Gasteiger partial charge in [-0.3, -0.25) is 0 Å². The van der Waals surface area contributed by atoms with Gasteiger partial charge in [0.25, 0.3) is 0 Å². The van der Waals surface area contributed by atoms with Gasteiger partial charge in [-0.05, 0) is 130 Å². The van der Waals surface area contributed by atoms with Crippen LogP contribution in [0.1, 0.15) is 109 Å². The number of alkyl halides is 3. The van der Waals surface area contributed by atoms with Gasteiger partial charge in [0.15, 0.2) is 5.76 Å². The van der Waals surface area contributed by atoms with Gasteiger partial charge >= 0.3 is 6.18 Å². The third-order valence-electron chi connectivity index (χ3n) is 9.30. The van der Waals surface area contributed by atoms with Gasteiger partial charge in [0.1, 0.15) is 5.82 Å². The first kappa shape index (κ1) is 45.7. The second-order valence-electron chi connectivity index (χ2n) is 14.1. The Hall–Kier alpha value is -3.45. The van der Waals surface area contributed by atoms with Gasteiger partial charge in [0.05, 0.1) is 28.6 Å². The lowest BCUT2D eigenvalue weighted by molar-refractivity contribution is -0.0902. The summed E-state index contributed by atoms with van der Waals surface area (Å²) in [6.45, 7) is 36.4. The number of hydrogen-bond acceptors (Lipinski definition) is 4. The number of likely N-dealkylation sites (tertiary alicyclic amines) is 1. The molecule has 2 unspecified atom stereocenters. The molecule has 2 aromatic carbocycles. The molecule has 8 heteroatoms. The van der Waals surface area contributed by atoms with E-state index in [0.717, 1.165) is 58.7 Å². The fourth-order valence-electron chi connectivity index (χ4n) is 6.57. The molecule has 1 fully saturated rings. The van der Waals surface area contributed by atoms with E-state index in [1.165, 1.54) is 23.7 Å². The maximum absolute atomic E-state index is 14.7. The zero-order valence-corrected chi connectivity index (χ0v) is 34.8. The number of fused-ring (bicyclic) bond motifs is 4. The number of benzene rings is 2. The summed E-state index contributed by atoms with van der Waals surface area (Å²) in [6.07, 6.45) is 1.45. The molecule has 0 amide bonds. The summed E-state index contributed by atoms with van der Waals surface area (Å²) in [7, 11) is 0. The number of hydrogen-bond donors (Lipinski definition) is 0. The highest BCUT2D eigenvalue weighted by Gasteiger charge is 2.39. The molecule has 2 aromatic rings. The van der Waals surface area contributed by atoms with E-state index in [9.17, 15) is 17.6 Å². The average Bonchev–Trinajstić information content (AvgIpc) is 3.07. The van der Waals surface area contributed by atoms with E-state index in [1.807, 2.05) is 65.5 Å². The molecule has 3 nitrogen and oxygen atoms in total. The normalized spacial score (nSPS) is 17.4. The Labute approximate surface area is 322 Å². The van der Waals surface area contributed by atoms with Crippen LogP contribution in [0.5, 0.6) is 0 Å². The Balaban J connectivity index is 0.000000336. The molecule has 0 radical (unpaired) electrons. The SMILES string of the molecule is C=C(C)C(CC(C)C)N1C=C(CCN2CCC2)C(C(F)(F)F)=CC1=C.C=C=C1CC(C)c2cc(cc(C)c2F)-c2c(C)cc(C)cc2SO1.CC.CC. The van der Waals surface area contributed by atoms with E-state index in [4.69, 9.17) is 4.18 Å². The van der Waals surface area contributed by atoms with Crippen LogP contribution in [0.2, 0.25) is 0 Å². The molecule has 2 atom stereocenters. The fraction of sp³-hybridized carbons (Fsp3) is 0.489. The highest BCUT2D eigenvalue weighted by Crippen LogP contribution is 2.42. The summed E-state index contributed by atoms with van der Waals surface area (Å²) < 4.78 is 61.0. The van der Waals surface area contributed by atoms with Crippen LogP contribution in [-0.2, 0) is 4.18 Å². The molecule has 0 spiro atoms. The van der Waals surface area contributed by atoms with Crippen LogP contribution in [0.3, 0.4) is 0 Å². The van der Waals surface area contributed by atoms with Crippen molar-refractivity contribution in [3.05, 3.63) is 118 Å². The zero-order chi connectivity index (χ0) is 40.2. The molecule has 3 aliphatic rings. The zero-order valence-electron chi connectivity index (χ0n) is 34.0. The predicted molar refractivity (Wildman–Crippen MR) is 218 cm³/mol. The van der Waals surface area contributed by atoms with Crippen molar-refractivity contribution in [1.29, 1.82) is 0 Å². The van der Waals surface area contributed by atoms with Gasteiger partial charge in [-0.25, -0.2) is 4.39 Å². The van der Waals surface area contributed by atoms with Crippen molar-refractivity contribution in [2.45, 2.75) is 125 Å². The molecule has 0 saturated carbocycles. The van der Waals surface area contributed by atoms with Crippen molar-refractivity contribution in [2.75, 3.05) is 19.6 Å². The predicted octanol–water partition coefficient (Wildman–Crippen LogP) is 13.9. The molecular weight excluding hydrogens is 693 g/mol. The van der Waals surface area contributed by atoms with E-state index in [2.05, 4.69) is 70.2 Å². The van der Waals surface area contributed by atoms with E-state index < -0.39 is 11.7 Å². The van der Waals surface area contributed by atoms with Crippen LogP contribution in [-0.4, -0.2) is 41.7 Å². The molecule has 0 N–H and O–H groups in total. The summed E-state index contributed by atoms with van der Waals surface area (Å²) in [5, 5.41) is 0. The van der Waals surface area contributed by atoms with Gasteiger partial charge in [-0.2, -0.15) is 13.2 Å². The van der Waals surface area contributed by atoms with Crippen molar-refractivity contribution < 1.29 is 21.7 Å². The summed E-state index contributed by atoms with van der Waals surface area (Å²) in [5.74, 6) is 0.942. The third-order valence-corrected chi connectivity index (χ3v) is 10.1. The van der Waals surface area contributed by atoms with E-state index in [-0.39, 0.29) is 17.8 Å². The number of rotatable bonds is 7. The van der Waals surface area contributed by atoms with Crippen LogP contribution >= 0.6 is 12.0 Å². The molecular formula is C45H62F4N2OS. The molecule has 3 heterocycles. The van der Waals surface area contributed by atoms with Crippen LogP contribution < -0.4 is 0 Å². The van der Waals surface area contributed by atoms with E-state index in [1.54, 1.807) is 6.20 Å². The Kier molecular flexibility index (Phi) is 18.0. The minimum absolute atomic E-state index is 0.000745. The monoisotopic (exact) mass is 754 g/mol. The van der Waals surface area contributed by atoms with Crippen molar-refractivity contribution in [2.24, 2.45) is 5.92 Å². The Morgan fingerprint density at radius 3 is 2.21 bits per heavy atom. The second kappa shape index (κ2) is 20.9. The van der Waals surface area contributed by atoms with Crippen LogP contribution in [0.15, 0.2) is 95.1 Å². The fourth-order valence-corrected chi connectivity index (χ4v) is 7.49. The number of halogens is 4. The molecule has 53 heavy (non-hydrogen) atoms. The topological polar surface area (TPSA) is 15.7 Å². The highest BCUT2D eigenvalue weighted by atomic mass is 32.2. The smallest absolute Gasteiger partial charge is 0.416 e. The third kappa shape index (κ3) is 12.3. The summed E-state index contributed by atoms with van der Waals surface area (Å²) >= 11 is 1.34. The standard InChI is InChI=1S/C21H21FOS.C20H29F3N2.2C2H6/c1-6-17-10-13(3)18-11-16(9-15(5)21(18)22)20-14(4)7-12(2)8-19(20)24-23-17;1-14(2)11-19(15(3)4)25-13-17(7-10-24-8-6-9-24)18(12-16(25)5)20(21,22)23;2*1-2/h7-9,11,13H,1,10H2,2-5H3;12-14,19H,3,5-11H2,1-2,4H3;2*1-2H3. The van der Waals surface area contributed by atoms with Gasteiger partial charge in [0, 0.05) is 30.4 Å². The first-order valence-corrected chi connectivity index (χ1v) is 19.7. The number of allylic oxidation sites excluding steroid dienone is 3. The molecule has 0 aliphatic carbocycles. The van der Waals surface area contributed by atoms with Gasteiger partial charge in [-0.1, -0.05) is 85.6 Å². The van der Waals surface area contributed by atoms with E-state index in [0.29, 0.717) is 47.9 Å². The number of nitrogens with zero attached hydrogens (tertiary/aromatic N) is 2. The van der Waals surface area contributed by atoms with Crippen LogP contribution in [0.25, 0.3) is 11.1 Å². The molecule has 1 saturated heterocycles. The van der Waals surface area contributed by atoms with Gasteiger partial charge in [-0.15, -0.1) is 0 Å². The maximum atomic E-state index is 14.7. The maximum Gasteiger partial charge on any atom is 0.416 e. The molecule has 3 aliphatic heterocycles. The van der Waals surface area contributed by atoms with Crippen LogP contribution in [0, 0.1) is 32.5 Å². The first-order chi connectivity index (χ1) is 25.0. The number of aryl methyl sites for hydroxylation is 3. The largest absolute Gasteiger partial charge is 0.417 e. The molecule has 0 aromatic heterocycles. The average molecular weight is 755 g/mol. The lowest BCUT2D eigenvalue weighted by atomic mass is 9.89. The van der Waals surface area contributed by atoms with Gasteiger partial charge in [0.2, 0.25) is 0 Å². The molecule has 2 bridgehead atoms. The van der Waals surface area contributed by atoms with E-state index >= 15 is 0 Å². The minimum Gasteiger partial charge on any atom is -0.417 e. The van der Waals surface area contributed by atoms with Crippen LogP contribution in [0.4, 0.5) is 17.6 Å². The Morgan fingerprint density at radius 1 is 1.04 bits per heavy atom. The highest BCUT2D eigenvalue weighted by molar-refractivity contribution is 7.95. The summed E-state index contributed by atoms with van der Waals surface area (Å²) in [5.41, 5.74) is 9.86. The first-order valence-electron chi connectivity index (χ1n) is 19.0. The van der Waals surface area contributed by atoms with Crippen molar-refractivity contribution in [1.82, 2.24) is 9.80 Å². The molecule has 5 rings (SSSR count). The summed E-state index contributed by atoms with van der Waals surface area (Å²) in [4.78, 5) is 5.10. The van der Waals surface area contributed by atoms with Crippen molar-refractivity contribution in [3.8, 4) is 11.1 Å². The van der Waals surface area contributed by atoms with Crippen molar-refractivity contribution >= 4 is 12.0 Å². The lowest BCUT2D eigenvalue weighted by Crippen LogP contribution is -2.39. The second-order valence-corrected chi connectivity index (χ2v) is 14.8. The minimum atomic E-state index is -4.35. The van der Waals surface area contributed by atoms with Crippen molar-refractivity contribution in [3.63, 3.8) is 0 Å². The lowest BCUT2D eigenvalue weighted by Gasteiger charge is -2.38.